The van der Waals surface area contributed by atoms with Crippen LogP contribution in [0.15, 0.2) is 66.7 Å². The number of halogens is 1. The molecule has 0 saturated heterocycles. The molecule has 2 heterocycles. The zero-order valence-electron chi connectivity index (χ0n) is 19.3. The summed E-state index contributed by atoms with van der Waals surface area (Å²) >= 11 is 0. The van der Waals surface area contributed by atoms with E-state index in [1.807, 2.05) is 47.1 Å². The molecule has 0 saturated carbocycles. The molecule has 0 spiro atoms. The number of amides is 1. The molecular weight excluding hydrogens is 415 g/mol. The zero-order valence-corrected chi connectivity index (χ0v) is 19.3. The number of hydrogen-bond donors (Lipinski definition) is 1. The quantitative estimate of drug-likeness (QED) is 0.550. The fourth-order valence-corrected chi connectivity index (χ4v) is 4.15. The monoisotopic (exact) mass is 446 g/mol. The molecule has 4 rings (SSSR count). The van der Waals surface area contributed by atoms with Crippen LogP contribution < -0.4 is 5.32 Å². The number of benzene rings is 2. The van der Waals surface area contributed by atoms with Gasteiger partial charge in [-0.3, -0.25) is 9.69 Å². The molecule has 172 valence electrons. The zero-order chi connectivity index (χ0) is 23.2. The highest BCUT2D eigenvalue weighted by atomic mass is 19.1. The van der Waals surface area contributed by atoms with Gasteiger partial charge in [0.2, 0.25) is 5.91 Å². The molecule has 2 aromatic carbocycles. The molecule has 0 fully saturated rings. The van der Waals surface area contributed by atoms with Crippen LogP contribution >= 0.6 is 0 Å². The van der Waals surface area contributed by atoms with Crippen molar-refractivity contribution in [3.05, 3.63) is 89.5 Å². The molecule has 3 aromatic rings. The van der Waals surface area contributed by atoms with E-state index in [-0.39, 0.29) is 11.7 Å². The number of rotatable bonds is 8. The molecule has 6 heteroatoms. The van der Waals surface area contributed by atoms with E-state index < -0.39 is 0 Å². The van der Waals surface area contributed by atoms with Gasteiger partial charge in [0.05, 0.1) is 24.5 Å². The van der Waals surface area contributed by atoms with Crippen LogP contribution in [0.5, 0.6) is 0 Å². The molecular formula is C27H31FN4O. The van der Waals surface area contributed by atoms with E-state index in [1.165, 1.54) is 17.7 Å². The topological polar surface area (TPSA) is 50.2 Å². The van der Waals surface area contributed by atoms with Crippen LogP contribution in [0.2, 0.25) is 0 Å². The highest BCUT2D eigenvalue weighted by Gasteiger charge is 2.17. The normalized spacial score (nSPS) is 14.4. The molecule has 0 bridgehead atoms. The highest BCUT2D eigenvalue weighted by molar-refractivity contribution is 5.78. The van der Waals surface area contributed by atoms with Gasteiger partial charge >= 0.3 is 0 Å². The van der Waals surface area contributed by atoms with Crippen molar-refractivity contribution in [3.63, 3.8) is 0 Å². The van der Waals surface area contributed by atoms with Gasteiger partial charge < -0.3 is 5.32 Å². The van der Waals surface area contributed by atoms with Crippen molar-refractivity contribution in [2.24, 2.45) is 5.92 Å². The Balaban J connectivity index is 1.33. The number of para-hydroxylation sites is 1. The number of nitrogens with one attached hydrogen (secondary N) is 1. The van der Waals surface area contributed by atoms with Crippen molar-refractivity contribution in [2.75, 3.05) is 19.6 Å². The molecule has 33 heavy (non-hydrogen) atoms. The van der Waals surface area contributed by atoms with E-state index >= 15 is 0 Å². The predicted molar refractivity (Wildman–Crippen MR) is 129 cm³/mol. The molecule has 5 nitrogen and oxygen atoms in total. The number of hydrogen-bond acceptors (Lipinski definition) is 3. The third-order valence-corrected chi connectivity index (χ3v) is 5.79. The third-order valence-electron chi connectivity index (χ3n) is 5.79. The minimum absolute atomic E-state index is 0.00620. The summed E-state index contributed by atoms with van der Waals surface area (Å²) in [4.78, 5) is 14.7. The molecule has 0 atom stereocenters. The summed E-state index contributed by atoms with van der Waals surface area (Å²) in [7, 11) is 0. The molecule has 1 N–H and O–H groups in total. The molecule has 1 aromatic heterocycles. The Labute approximate surface area is 194 Å². The van der Waals surface area contributed by atoms with Gasteiger partial charge in [0.25, 0.3) is 0 Å². The standard InChI is InChI=1S/C27H31FN4O/c1-20(2)16-26-17-24(30-32(26)25-6-4-3-5-7-25)18-29-27(33)19-31-14-12-22(13-15-31)21-8-10-23(28)11-9-21/h3-12,17,20H,13-16,18-19H2,1-2H3,(H,29,33). The van der Waals surface area contributed by atoms with Crippen molar-refractivity contribution in [1.29, 1.82) is 0 Å². The molecule has 0 aliphatic carbocycles. The largest absolute Gasteiger partial charge is 0.349 e. The summed E-state index contributed by atoms with van der Waals surface area (Å²) in [6.07, 6.45) is 3.90. The number of aromatic nitrogens is 2. The minimum Gasteiger partial charge on any atom is -0.349 e. The van der Waals surface area contributed by atoms with E-state index in [2.05, 4.69) is 36.2 Å². The van der Waals surface area contributed by atoms with Crippen molar-refractivity contribution < 1.29 is 9.18 Å². The fourth-order valence-electron chi connectivity index (χ4n) is 4.15. The summed E-state index contributed by atoms with van der Waals surface area (Å²) in [6, 6.07) is 18.8. The first-order chi connectivity index (χ1) is 16.0. The molecule has 0 radical (unpaired) electrons. The maximum absolute atomic E-state index is 13.1. The van der Waals surface area contributed by atoms with Crippen molar-refractivity contribution in [1.82, 2.24) is 20.0 Å². The van der Waals surface area contributed by atoms with Gasteiger partial charge in [0, 0.05) is 18.8 Å². The Morgan fingerprint density at radius 3 is 2.55 bits per heavy atom. The fraction of sp³-hybridized carbons (Fsp3) is 0.333. The van der Waals surface area contributed by atoms with Gasteiger partial charge in [-0.05, 0) is 60.2 Å². The lowest BCUT2D eigenvalue weighted by Gasteiger charge is -2.25. The van der Waals surface area contributed by atoms with Crippen LogP contribution in [0, 0.1) is 11.7 Å². The Morgan fingerprint density at radius 1 is 1.12 bits per heavy atom. The first-order valence-corrected chi connectivity index (χ1v) is 11.5. The van der Waals surface area contributed by atoms with Crippen LogP contribution in [-0.4, -0.2) is 40.2 Å². The van der Waals surface area contributed by atoms with Crippen LogP contribution in [0.25, 0.3) is 11.3 Å². The number of carbonyl (C=O) groups is 1. The van der Waals surface area contributed by atoms with Gasteiger partial charge in [0.1, 0.15) is 5.82 Å². The van der Waals surface area contributed by atoms with E-state index in [1.54, 1.807) is 0 Å². The maximum Gasteiger partial charge on any atom is 0.234 e. The van der Waals surface area contributed by atoms with Gasteiger partial charge in [-0.25, -0.2) is 9.07 Å². The Hall–Kier alpha value is -3.25. The summed E-state index contributed by atoms with van der Waals surface area (Å²) in [5.74, 6) is 0.283. The first kappa shape index (κ1) is 22.9. The predicted octanol–water partition coefficient (Wildman–Crippen LogP) is 4.62. The molecule has 1 aliphatic heterocycles. The van der Waals surface area contributed by atoms with Crippen LogP contribution in [0.1, 0.15) is 37.2 Å². The lowest BCUT2D eigenvalue weighted by molar-refractivity contribution is -0.122. The maximum atomic E-state index is 13.1. The Bertz CT molecular complexity index is 1100. The number of carbonyl (C=O) groups excluding carboxylic acids is 1. The summed E-state index contributed by atoms with van der Waals surface area (Å²) in [5, 5.41) is 7.78. The van der Waals surface area contributed by atoms with Crippen molar-refractivity contribution in [3.8, 4) is 5.69 Å². The molecule has 0 unspecified atom stereocenters. The van der Waals surface area contributed by atoms with Gasteiger partial charge in [-0.15, -0.1) is 0 Å². The Kier molecular flexibility index (Phi) is 7.35. The van der Waals surface area contributed by atoms with E-state index in [0.717, 1.165) is 42.0 Å². The SMILES string of the molecule is CC(C)Cc1cc(CNC(=O)CN2CC=C(c3ccc(F)cc3)CC2)nn1-c1ccccc1. The van der Waals surface area contributed by atoms with Gasteiger partial charge in [-0.2, -0.15) is 5.10 Å². The van der Waals surface area contributed by atoms with E-state index in [0.29, 0.717) is 25.6 Å². The second-order valence-electron chi connectivity index (χ2n) is 8.97. The second kappa shape index (κ2) is 10.6. The smallest absolute Gasteiger partial charge is 0.234 e. The molecule has 1 amide bonds. The summed E-state index contributed by atoms with van der Waals surface area (Å²) in [5.41, 5.74) is 5.29. The summed E-state index contributed by atoms with van der Waals surface area (Å²) in [6.45, 7) is 6.66. The lowest BCUT2D eigenvalue weighted by Crippen LogP contribution is -2.39. The second-order valence-corrected chi connectivity index (χ2v) is 8.97. The van der Waals surface area contributed by atoms with Gasteiger partial charge in [-0.1, -0.05) is 50.3 Å². The third kappa shape index (κ3) is 6.17. The van der Waals surface area contributed by atoms with E-state index in [9.17, 15) is 9.18 Å². The van der Waals surface area contributed by atoms with Gasteiger partial charge in [0.15, 0.2) is 0 Å². The summed E-state index contributed by atoms with van der Waals surface area (Å²) < 4.78 is 15.1. The molecule has 1 aliphatic rings. The average Bonchev–Trinajstić information content (AvgIpc) is 3.21. The first-order valence-electron chi connectivity index (χ1n) is 11.5. The minimum atomic E-state index is -0.224. The van der Waals surface area contributed by atoms with E-state index in [4.69, 9.17) is 5.10 Å². The number of nitrogens with zero attached hydrogens (tertiary/aromatic N) is 3. The van der Waals surface area contributed by atoms with Crippen LogP contribution in [0.3, 0.4) is 0 Å². The van der Waals surface area contributed by atoms with Crippen molar-refractivity contribution in [2.45, 2.75) is 33.2 Å². The Morgan fingerprint density at radius 2 is 1.88 bits per heavy atom. The lowest BCUT2D eigenvalue weighted by atomic mass is 9.99. The van der Waals surface area contributed by atoms with Crippen LogP contribution in [0.4, 0.5) is 4.39 Å². The van der Waals surface area contributed by atoms with Crippen molar-refractivity contribution >= 4 is 11.5 Å². The van der Waals surface area contributed by atoms with Crippen LogP contribution in [-0.2, 0) is 17.8 Å². The average molecular weight is 447 g/mol. The highest BCUT2D eigenvalue weighted by Crippen LogP contribution is 2.22.